The Balaban J connectivity index is -0.000000198. The van der Waals surface area contributed by atoms with Gasteiger partial charge in [-0.25, -0.2) is 0 Å². The number of benzene rings is 6. The molecular weight excluding hydrogens is 1400 g/mol. The first-order valence-corrected chi connectivity index (χ1v) is 31.8. The fourth-order valence-electron chi connectivity index (χ4n) is 5.67. The second-order valence-corrected chi connectivity index (χ2v) is 24.2. The number of hydrogen-bond donors (Lipinski definition) is 2. The minimum atomic E-state index is -3.35. The van der Waals surface area contributed by atoms with E-state index in [4.69, 9.17) is 129 Å². The van der Waals surface area contributed by atoms with Crippen molar-refractivity contribution in [3.8, 4) is 34.5 Å². The first kappa shape index (κ1) is 101. The SMILES string of the molecule is C.C.C.C.C=C(CCl)COS(C)(=O)=O.C=C(COc1ccc(Cl)c(Cl)c1)CSc1ccc(OC)c(C)c1.C=C(COc1ccc(Cl)c(Cl)c1)CSc1ccc(OCCC)c(C)c1.CC(=O)COc1ccc(S)cc1C.O=C=O.O=C=O.Oc1ccc(Cl)c(Cl)c1.[Li+].[OH-]. The van der Waals surface area contributed by atoms with E-state index in [0.717, 1.165) is 80.8 Å². The Hall–Kier alpha value is -4.68. The zero-order valence-electron chi connectivity index (χ0n) is 49.4. The minimum absolute atomic E-state index is 0. The molecule has 0 radical (unpaired) electrons. The molecule has 6 aromatic carbocycles. The number of aromatic hydroxyl groups is 1. The van der Waals surface area contributed by atoms with Gasteiger partial charge in [0.15, 0.2) is 5.78 Å². The number of hydrogen-bond acceptors (Lipinski definition) is 18. The van der Waals surface area contributed by atoms with Crippen LogP contribution in [0.1, 0.15) is 66.7 Å². The number of alkyl halides is 1. The fraction of sp³-hybridized carbons (Fsp3) is 0.308. The summed E-state index contributed by atoms with van der Waals surface area (Å²) in [6.07, 6.45) is 2.49. The van der Waals surface area contributed by atoms with E-state index < -0.39 is 10.1 Å². The molecule has 0 atom stereocenters. The topological polar surface area (TPSA) is 225 Å². The number of thioether (sulfide) groups is 2. The van der Waals surface area contributed by atoms with Gasteiger partial charge in [0.2, 0.25) is 0 Å². The number of Topliss-reactive ketones (excluding diaryl/α,β-unsaturated/α-hetero) is 1. The molecule has 0 saturated carbocycles. The molecule has 0 unspecified atom stereocenters. The van der Waals surface area contributed by atoms with Gasteiger partial charge in [0.05, 0.1) is 56.7 Å². The average molecular weight is 1490 g/mol. The van der Waals surface area contributed by atoms with E-state index in [9.17, 15) is 13.2 Å². The molecule has 0 aliphatic carbocycles. The van der Waals surface area contributed by atoms with Crippen molar-refractivity contribution in [3.05, 3.63) is 192 Å². The van der Waals surface area contributed by atoms with Crippen LogP contribution < -0.4 is 42.5 Å². The summed E-state index contributed by atoms with van der Waals surface area (Å²) in [6.45, 7) is 23.0. The molecule has 0 saturated heterocycles. The largest absolute Gasteiger partial charge is 1.00 e. The molecule has 0 bridgehead atoms. The molecule has 0 aromatic heterocycles. The molecule has 0 fully saturated rings. The van der Waals surface area contributed by atoms with Gasteiger partial charge in [0.25, 0.3) is 10.1 Å². The summed E-state index contributed by atoms with van der Waals surface area (Å²) in [7, 11) is -1.67. The molecule has 6 rings (SSSR count). The van der Waals surface area contributed by atoms with Crippen molar-refractivity contribution in [2.24, 2.45) is 0 Å². The van der Waals surface area contributed by atoms with Crippen LogP contribution in [0.5, 0.6) is 34.5 Å². The first-order chi connectivity index (χ1) is 40.6. The molecule has 27 heteroatoms. The van der Waals surface area contributed by atoms with E-state index in [1.54, 1.807) is 73.1 Å². The molecule has 0 heterocycles. The van der Waals surface area contributed by atoms with Crippen LogP contribution in [0.3, 0.4) is 0 Å². The number of aryl methyl sites for hydroxylation is 3. The van der Waals surface area contributed by atoms with E-state index in [2.05, 4.69) is 68.6 Å². The van der Waals surface area contributed by atoms with E-state index in [0.29, 0.717) is 60.4 Å². The normalized spacial score (nSPS) is 9.21. The Labute approximate surface area is 606 Å². The summed E-state index contributed by atoms with van der Waals surface area (Å²) in [5.41, 5.74) is 5.81. The number of thiol groups is 1. The van der Waals surface area contributed by atoms with Crippen LogP contribution in [-0.2, 0) is 38.3 Å². The van der Waals surface area contributed by atoms with Crippen molar-refractivity contribution in [1.29, 1.82) is 0 Å². The first-order valence-electron chi connectivity index (χ1n) is 24.8. The molecule has 0 spiro atoms. The number of ketones is 1. The summed E-state index contributed by atoms with van der Waals surface area (Å²) in [4.78, 5) is 46.4. The Morgan fingerprint density at radius 1 is 0.565 bits per heavy atom. The zero-order chi connectivity index (χ0) is 65.4. The smallest absolute Gasteiger partial charge is 0.870 e. The summed E-state index contributed by atoms with van der Waals surface area (Å²) in [5.74, 6) is 5.91. The van der Waals surface area contributed by atoms with Crippen LogP contribution in [0, 0.1) is 20.8 Å². The van der Waals surface area contributed by atoms with Gasteiger partial charge in [-0.3, -0.25) is 8.98 Å². The molecule has 506 valence electrons. The fourth-order valence-corrected chi connectivity index (χ4v) is 9.03. The molecule has 92 heavy (non-hydrogen) atoms. The van der Waals surface area contributed by atoms with Gasteiger partial charge in [-0.2, -0.15) is 27.6 Å². The Morgan fingerprint density at radius 3 is 1.30 bits per heavy atom. The Morgan fingerprint density at radius 2 is 0.957 bits per heavy atom. The number of ether oxygens (including phenoxy) is 5. The number of phenolic OH excluding ortho intramolecular Hbond substituents is 1. The maximum atomic E-state index is 10.7. The van der Waals surface area contributed by atoms with Crippen molar-refractivity contribution in [2.75, 3.05) is 63.8 Å². The van der Waals surface area contributed by atoms with Gasteiger partial charge in [0, 0.05) is 44.2 Å². The average Bonchev–Trinajstić information content (AvgIpc) is 2.22. The molecule has 0 amide bonds. The predicted octanol–water partition coefficient (Wildman–Crippen LogP) is 16.8. The van der Waals surface area contributed by atoms with Gasteiger partial charge >= 0.3 is 31.2 Å². The minimum Gasteiger partial charge on any atom is -0.870 e. The third-order valence-corrected chi connectivity index (χ3v) is 15.4. The van der Waals surface area contributed by atoms with Gasteiger partial charge in [0.1, 0.15) is 54.3 Å². The van der Waals surface area contributed by atoms with Gasteiger partial charge in [-0.15, -0.1) is 47.8 Å². The second-order valence-electron chi connectivity index (χ2n) is 17.3. The number of rotatable bonds is 23. The number of carbonyl (C=O) groups excluding carboxylic acids is 5. The summed E-state index contributed by atoms with van der Waals surface area (Å²) >= 11 is 47.7. The van der Waals surface area contributed by atoms with Crippen molar-refractivity contribution in [1.82, 2.24) is 0 Å². The summed E-state index contributed by atoms with van der Waals surface area (Å²) < 4.78 is 52.7. The van der Waals surface area contributed by atoms with Gasteiger partial charge < -0.3 is 34.3 Å². The Kier molecular flexibility index (Phi) is 63.3. The molecule has 6 aromatic rings. The third kappa shape index (κ3) is 48.1. The second kappa shape index (κ2) is 57.7. The number of carbonyl (C=O) groups is 1. The number of methoxy groups -OCH3 is 1. The van der Waals surface area contributed by atoms with Gasteiger partial charge in [-0.05, 0) is 165 Å². The van der Waals surface area contributed by atoms with E-state index >= 15 is 0 Å². The quantitative estimate of drug-likeness (QED) is 0.0152. The maximum absolute atomic E-state index is 10.7. The Bertz CT molecular complexity index is 3300. The number of halogens is 7. The van der Waals surface area contributed by atoms with Crippen LogP contribution in [0.25, 0.3) is 0 Å². The van der Waals surface area contributed by atoms with Crippen molar-refractivity contribution >= 4 is 146 Å². The summed E-state index contributed by atoms with van der Waals surface area (Å²) in [5, 5.41) is 11.6. The maximum Gasteiger partial charge on any atom is 1.00 e. The molecule has 0 aliphatic heterocycles. The number of phenols is 1. The monoisotopic (exact) mass is 1480 g/mol. The van der Waals surface area contributed by atoms with Crippen LogP contribution in [-0.4, -0.2) is 101 Å². The van der Waals surface area contributed by atoms with Crippen LogP contribution in [0.4, 0.5) is 0 Å². The van der Waals surface area contributed by atoms with Crippen molar-refractivity contribution in [2.45, 2.75) is 85.4 Å². The predicted molar refractivity (Wildman–Crippen MR) is 381 cm³/mol. The zero-order valence-corrected chi connectivity index (χ0v) is 58.0. The van der Waals surface area contributed by atoms with Crippen LogP contribution in [0.15, 0.2) is 160 Å². The summed E-state index contributed by atoms with van der Waals surface area (Å²) in [6, 6.07) is 32.8. The molecule has 2 N–H and O–H groups in total. The van der Waals surface area contributed by atoms with Crippen molar-refractivity contribution in [3.63, 3.8) is 0 Å². The van der Waals surface area contributed by atoms with Crippen molar-refractivity contribution < 1.29 is 89.7 Å². The molecular formula is C65H82Cl7LiO15S4. The standard InChI is InChI=1S/C20H22Cl2O2S.C18H18Cl2O2S.C10H12O2S.C6H4Cl2O.C5H9ClO3S.2CO2.4CH4.Li.H2O/c1-4-9-23-20-8-6-17(10-15(20)3)25-13-14(2)12-24-16-5-7-18(21)19(22)11-16;1-12(10-22-14-4-6-16(19)17(20)9-14)11-23-15-5-7-18(21-3)13(2)8-15;1-7-5-9(13)3-4-10(7)12-6-8(2)11;7-5-2-1-4(9)3-6(5)8;1-5(3-6)4-9-10(2,7)8;2*2-1-3;;;;;;/h5-8,10-11H,2,4,9,12-13H2,1,3H3;4-9H,1,10-11H2,2-3H3;3-5,13H,6H2,1-2H3;1-3,9H;1,3-4H2,2H3;;;4*1H4;;1H2/q;;;;;;;;;;;+1;/p-1. The van der Waals surface area contributed by atoms with Crippen LogP contribution >= 0.6 is 117 Å². The van der Waals surface area contributed by atoms with E-state index in [1.807, 2.05) is 50.2 Å². The van der Waals surface area contributed by atoms with E-state index in [1.165, 1.54) is 28.8 Å². The van der Waals surface area contributed by atoms with Gasteiger partial charge in [-0.1, -0.05) is 126 Å². The molecule has 15 nitrogen and oxygen atoms in total. The molecule has 0 aliphatic rings. The third-order valence-electron chi connectivity index (χ3n) is 9.69. The van der Waals surface area contributed by atoms with Crippen LogP contribution in [0.2, 0.25) is 30.1 Å². The van der Waals surface area contributed by atoms with E-state index in [-0.39, 0.29) is 97.0 Å².